The van der Waals surface area contributed by atoms with Crippen molar-refractivity contribution in [3.8, 4) is 0 Å². The Morgan fingerprint density at radius 2 is 2.18 bits per heavy atom. The van der Waals surface area contributed by atoms with Crippen LogP contribution >= 0.6 is 11.3 Å². The molecule has 5 nitrogen and oxygen atoms in total. The molecule has 0 aliphatic rings. The van der Waals surface area contributed by atoms with E-state index in [2.05, 4.69) is 15.8 Å². The number of nitrogens with zero attached hydrogens (tertiary/aromatic N) is 1. The molecular weight excluding hydrogens is 238 g/mol. The molecule has 2 amide bonds. The van der Waals surface area contributed by atoms with Gasteiger partial charge in [-0.25, -0.2) is 15.3 Å². The first-order chi connectivity index (χ1) is 8.34. The van der Waals surface area contributed by atoms with Crippen molar-refractivity contribution in [2.75, 3.05) is 5.32 Å². The summed E-state index contributed by atoms with van der Waals surface area (Å²) >= 11 is 1.48. The largest absolute Gasteiger partial charge is 0.343 e. The summed E-state index contributed by atoms with van der Waals surface area (Å²) in [6, 6.07) is 8.73. The third-order valence-electron chi connectivity index (χ3n) is 1.90. The van der Waals surface area contributed by atoms with E-state index < -0.39 is 6.03 Å². The first-order valence-corrected chi connectivity index (χ1v) is 5.90. The molecule has 0 saturated carbocycles. The molecule has 0 unspecified atom stereocenters. The molecule has 2 rings (SSSR count). The number of anilines is 1. The smallest absolute Gasteiger partial charge is 0.306 e. The van der Waals surface area contributed by atoms with E-state index in [1.165, 1.54) is 11.3 Å². The van der Waals surface area contributed by atoms with Crippen LogP contribution in [0.15, 0.2) is 41.2 Å². The lowest BCUT2D eigenvalue weighted by atomic mass is 10.3. The molecule has 0 atom stereocenters. The van der Waals surface area contributed by atoms with Crippen LogP contribution in [0, 0.1) is 0 Å². The molecule has 6 heteroatoms. The summed E-state index contributed by atoms with van der Waals surface area (Å²) in [5, 5.41) is 4.49. The Labute approximate surface area is 102 Å². The number of amides is 2. The number of hydrogen-bond acceptors (Lipinski definition) is 4. The van der Waals surface area contributed by atoms with Gasteiger partial charge in [0.1, 0.15) is 6.61 Å². The lowest BCUT2D eigenvalue weighted by molar-refractivity contribution is 0.0519. The van der Waals surface area contributed by atoms with Crippen LogP contribution < -0.4 is 10.8 Å². The van der Waals surface area contributed by atoms with Crippen LogP contribution in [0.5, 0.6) is 0 Å². The van der Waals surface area contributed by atoms with Gasteiger partial charge in [-0.05, 0) is 12.1 Å². The summed E-state index contributed by atoms with van der Waals surface area (Å²) in [7, 11) is 0. The van der Waals surface area contributed by atoms with E-state index in [1.54, 1.807) is 17.6 Å². The Morgan fingerprint density at radius 1 is 1.35 bits per heavy atom. The van der Waals surface area contributed by atoms with Crippen molar-refractivity contribution in [1.29, 1.82) is 0 Å². The number of para-hydroxylation sites is 1. The zero-order chi connectivity index (χ0) is 11.9. The molecule has 2 aromatic rings. The van der Waals surface area contributed by atoms with Crippen molar-refractivity contribution in [1.82, 2.24) is 10.5 Å². The fraction of sp³-hybridized carbons (Fsp3) is 0.0909. The molecule has 88 valence electrons. The first-order valence-electron chi connectivity index (χ1n) is 4.95. The average molecular weight is 249 g/mol. The number of benzene rings is 1. The Bertz CT molecular complexity index is 459. The number of thiazole rings is 1. The van der Waals surface area contributed by atoms with Crippen LogP contribution in [-0.4, -0.2) is 11.0 Å². The quantitative estimate of drug-likeness (QED) is 0.818. The molecule has 0 spiro atoms. The Hall–Kier alpha value is -1.92. The molecule has 0 radical (unpaired) electrons. The minimum atomic E-state index is -0.411. The standard InChI is InChI=1S/C11H11N3O2S/c15-11(13-9-4-2-1-3-5-9)14-16-6-10-7-17-8-12-10/h1-5,7-8H,6H2,(H2,13,14,15). The van der Waals surface area contributed by atoms with Crippen molar-refractivity contribution >= 4 is 23.1 Å². The summed E-state index contributed by atoms with van der Waals surface area (Å²) in [5.74, 6) is 0. The number of carbonyl (C=O) groups excluding carboxylic acids is 1. The maximum absolute atomic E-state index is 11.4. The van der Waals surface area contributed by atoms with Gasteiger partial charge in [-0.2, -0.15) is 0 Å². The summed E-state index contributed by atoms with van der Waals surface area (Å²) in [6.45, 7) is 0.256. The topological polar surface area (TPSA) is 63.2 Å². The van der Waals surface area contributed by atoms with Gasteiger partial charge in [0.25, 0.3) is 0 Å². The molecule has 17 heavy (non-hydrogen) atoms. The zero-order valence-electron chi connectivity index (χ0n) is 8.92. The second kappa shape index (κ2) is 5.97. The molecule has 0 fully saturated rings. The summed E-state index contributed by atoms with van der Waals surface area (Å²) in [6.07, 6.45) is 0. The maximum Gasteiger partial charge on any atom is 0.343 e. The molecular formula is C11H11N3O2S. The van der Waals surface area contributed by atoms with Gasteiger partial charge in [0.15, 0.2) is 0 Å². The Balaban J connectivity index is 1.71. The summed E-state index contributed by atoms with van der Waals surface area (Å²) in [4.78, 5) is 20.4. The highest BCUT2D eigenvalue weighted by molar-refractivity contribution is 7.07. The maximum atomic E-state index is 11.4. The van der Waals surface area contributed by atoms with E-state index in [4.69, 9.17) is 4.84 Å². The van der Waals surface area contributed by atoms with Crippen LogP contribution in [0.1, 0.15) is 5.69 Å². The van der Waals surface area contributed by atoms with Crippen molar-refractivity contribution in [2.45, 2.75) is 6.61 Å². The number of urea groups is 1. The van der Waals surface area contributed by atoms with Crippen LogP contribution in [0.4, 0.5) is 10.5 Å². The minimum Gasteiger partial charge on any atom is -0.306 e. The van der Waals surface area contributed by atoms with E-state index >= 15 is 0 Å². The van der Waals surface area contributed by atoms with Gasteiger partial charge in [-0.3, -0.25) is 4.84 Å². The van der Waals surface area contributed by atoms with Gasteiger partial charge < -0.3 is 5.32 Å². The Morgan fingerprint density at radius 3 is 2.88 bits per heavy atom. The molecule has 1 heterocycles. The van der Waals surface area contributed by atoms with E-state index in [0.29, 0.717) is 5.69 Å². The van der Waals surface area contributed by atoms with Crippen molar-refractivity contribution in [3.05, 3.63) is 46.9 Å². The number of hydroxylamine groups is 1. The third-order valence-corrected chi connectivity index (χ3v) is 2.54. The van der Waals surface area contributed by atoms with Crippen molar-refractivity contribution in [2.24, 2.45) is 0 Å². The molecule has 0 saturated heterocycles. The predicted octanol–water partition coefficient (Wildman–Crippen LogP) is 2.40. The highest BCUT2D eigenvalue weighted by Gasteiger charge is 2.01. The molecule has 0 bridgehead atoms. The van der Waals surface area contributed by atoms with E-state index in [9.17, 15) is 4.79 Å². The molecule has 0 aliphatic heterocycles. The second-order valence-electron chi connectivity index (χ2n) is 3.19. The van der Waals surface area contributed by atoms with Gasteiger partial charge in [-0.1, -0.05) is 18.2 Å². The number of nitrogens with one attached hydrogen (secondary N) is 2. The van der Waals surface area contributed by atoms with Gasteiger partial charge in [0, 0.05) is 11.1 Å². The van der Waals surface area contributed by atoms with Crippen LogP contribution in [0.3, 0.4) is 0 Å². The van der Waals surface area contributed by atoms with Gasteiger partial charge >= 0.3 is 6.03 Å². The SMILES string of the molecule is O=C(NOCc1cscn1)Nc1ccccc1. The van der Waals surface area contributed by atoms with Crippen LogP contribution in [0.25, 0.3) is 0 Å². The third kappa shape index (κ3) is 3.86. The van der Waals surface area contributed by atoms with Gasteiger partial charge in [0.05, 0.1) is 11.2 Å². The summed E-state index contributed by atoms with van der Waals surface area (Å²) < 4.78 is 0. The van der Waals surface area contributed by atoms with Crippen molar-refractivity contribution in [3.63, 3.8) is 0 Å². The number of carbonyl (C=O) groups is 1. The molecule has 1 aromatic heterocycles. The fourth-order valence-corrected chi connectivity index (χ4v) is 1.71. The average Bonchev–Trinajstić information content (AvgIpc) is 2.83. The monoisotopic (exact) mass is 249 g/mol. The predicted molar refractivity (Wildman–Crippen MR) is 65.5 cm³/mol. The van der Waals surface area contributed by atoms with Crippen LogP contribution in [-0.2, 0) is 11.4 Å². The minimum absolute atomic E-state index is 0.256. The molecule has 1 aromatic carbocycles. The number of hydrogen-bond donors (Lipinski definition) is 2. The number of rotatable bonds is 4. The lowest BCUT2D eigenvalue weighted by Crippen LogP contribution is -2.28. The first kappa shape index (κ1) is 11.6. The number of aromatic nitrogens is 1. The van der Waals surface area contributed by atoms with E-state index in [1.807, 2.05) is 23.6 Å². The molecule has 2 N–H and O–H groups in total. The van der Waals surface area contributed by atoms with Gasteiger partial charge in [-0.15, -0.1) is 11.3 Å². The zero-order valence-corrected chi connectivity index (χ0v) is 9.74. The summed E-state index contributed by atoms with van der Waals surface area (Å²) in [5.41, 5.74) is 5.49. The second-order valence-corrected chi connectivity index (χ2v) is 3.91. The van der Waals surface area contributed by atoms with Crippen molar-refractivity contribution < 1.29 is 9.63 Å². The normalized spacial score (nSPS) is 9.88. The lowest BCUT2D eigenvalue weighted by Gasteiger charge is -2.06. The van der Waals surface area contributed by atoms with Gasteiger partial charge in [0.2, 0.25) is 0 Å². The van der Waals surface area contributed by atoms with E-state index in [0.717, 1.165) is 5.69 Å². The van der Waals surface area contributed by atoms with E-state index in [-0.39, 0.29) is 6.61 Å². The highest BCUT2D eigenvalue weighted by Crippen LogP contribution is 2.04. The van der Waals surface area contributed by atoms with Crippen LogP contribution in [0.2, 0.25) is 0 Å². The Kier molecular flexibility index (Phi) is 4.06. The highest BCUT2D eigenvalue weighted by atomic mass is 32.1. The fourth-order valence-electron chi connectivity index (χ4n) is 1.16. The molecule has 0 aliphatic carbocycles.